The summed E-state index contributed by atoms with van der Waals surface area (Å²) >= 11 is 2.15. The predicted molar refractivity (Wildman–Crippen MR) is 82.5 cm³/mol. The third-order valence-corrected chi connectivity index (χ3v) is 3.28. The van der Waals surface area contributed by atoms with Crippen LogP contribution in [-0.2, 0) is 0 Å². The average Bonchev–Trinajstić information content (AvgIpc) is 2.41. The molecule has 2 rings (SSSR count). The van der Waals surface area contributed by atoms with Gasteiger partial charge < -0.3 is 10.4 Å². The molecule has 2 aromatic rings. The minimum atomic E-state index is -1.13. The number of aromatic carboxylic acids is 1. The Kier molecular flexibility index (Phi) is 4.18. The molecule has 2 N–H and O–H groups in total. The van der Waals surface area contributed by atoms with Crippen LogP contribution in [0.5, 0.6) is 0 Å². The first-order chi connectivity index (χ1) is 9.47. The molecule has 20 heavy (non-hydrogen) atoms. The van der Waals surface area contributed by atoms with Gasteiger partial charge in [0.15, 0.2) is 0 Å². The van der Waals surface area contributed by atoms with E-state index in [4.69, 9.17) is 5.11 Å². The summed E-state index contributed by atoms with van der Waals surface area (Å²) in [5.41, 5.74) is 0.615. The number of nitrogens with zero attached hydrogens (tertiary/aromatic N) is 1. The van der Waals surface area contributed by atoms with Gasteiger partial charge in [-0.1, -0.05) is 0 Å². The molecule has 0 unspecified atom stereocenters. The Morgan fingerprint density at radius 2 is 1.85 bits per heavy atom. The van der Waals surface area contributed by atoms with Crippen molar-refractivity contribution in [3.8, 4) is 0 Å². The number of benzene rings is 2. The van der Waals surface area contributed by atoms with Crippen molar-refractivity contribution in [3.63, 3.8) is 0 Å². The van der Waals surface area contributed by atoms with Gasteiger partial charge in [-0.2, -0.15) is 0 Å². The van der Waals surface area contributed by atoms with Crippen LogP contribution in [0.4, 0.5) is 17.1 Å². The lowest BCUT2D eigenvalue weighted by Gasteiger charge is -2.08. The van der Waals surface area contributed by atoms with Crippen LogP contribution in [0, 0.1) is 13.7 Å². The molecule has 0 amide bonds. The van der Waals surface area contributed by atoms with E-state index in [-0.39, 0.29) is 16.9 Å². The van der Waals surface area contributed by atoms with E-state index in [1.807, 2.05) is 12.1 Å². The fourth-order valence-corrected chi connectivity index (χ4v) is 1.98. The Morgan fingerprint density at radius 3 is 2.40 bits per heavy atom. The molecule has 0 bridgehead atoms. The monoisotopic (exact) mass is 384 g/mol. The smallest absolute Gasteiger partial charge is 0.335 e. The van der Waals surface area contributed by atoms with E-state index >= 15 is 0 Å². The number of carboxylic acids is 1. The van der Waals surface area contributed by atoms with Crippen LogP contribution >= 0.6 is 22.6 Å². The van der Waals surface area contributed by atoms with Gasteiger partial charge in [-0.25, -0.2) is 4.79 Å². The van der Waals surface area contributed by atoms with E-state index in [9.17, 15) is 14.9 Å². The number of carbonyl (C=O) groups is 1. The van der Waals surface area contributed by atoms with Crippen molar-refractivity contribution in [2.24, 2.45) is 0 Å². The van der Waals surface area contributed by atoms with Crippen LogP contribution in [0.15, 0.2) is 42.5 Å². The number of nitro benzene ring substituents is 1. The highest BCUT2D eigenvalue weighted by Gasteiger charge is 2.16. The van der Waals surface area contributed by atoms with Crippen LogP contribution in [0.3, 0.4) is 0 Å². The first kappa shape index (κ1) is 14.3. The molecule has 7 heteroatoms. The summed E-state index contributed by atoms with van der Waals surface area (Å²) in [4.78, 5) is 21.3. The first-order valence-corrected chi connectivity index (χ1v) is 6.59. The first-order valence-electron chi connectivity index (χ1n) is 5.51. The maximum absolute atomic E-state index is 11.0. The second kappa shape index (κ2) is 5.87. The van der Waals surface area contributed by atoms with Gasteiger partial charge in [0.1, 0.15) is 5.69 Å². The van der Waals surface area contributed by atoms with E-state index in [0.717, 1.165) is 3.57 Å². The number of halogens is 1. The number of rotatable bonds is 4. The molecule has 6 nitrogen and oxygen atoms in total. The molecular formula is C13H9IN2O4. The van der Waals surface area contributed by atoms with Crippen LogP contribution in [-0.4, -0.2) is 16.0 Å². The highest BCUT2D eigenvalue weighted by atomic mass is 127. The molecule has 0 saturated heterocycles. The van der Waals surface area contributed by atoms with E-state index in [2.05, 4.69) is 27.9 Å². The molecule has 0 aromatic heterocycles. The lowest BCUT2D eigenvalue weighted by molar-refractivity contribution is -0.383. The second-order valence-corrected chi connectivity index (χ2v) is 5.17. The SMILES string of the molecule is O=C(O)c1ccc([N+](=O)[O-])c(Nc2ccc(I)cc2)c1. The largest absolute Gasteiger partial charge is 0.478 e. The molecule has 0 spiro atoms. The van der Waals surface area contributed by atoms with Crippen molar-refractivity contribution in [2.45, 2.75) is 0 Å². The number of hydrogen-bond donors (Lipinski definition) is 2. The Balaban J connectivity index is 2.41. The Morgan fingerprint density at radius 1 is 1.20 bits per heavy atom. The van der Waals surface area contributed by atoms with Gasteiger partial charge in [0.2, 0.25) is 0 Å². The van der Waals surface area contributed by atoms with Crippen molar-refractivity contribution in [3.05, 3.63) is 61.7 Å². The summed E-state index contributed by atoms with van der Waals surface area (Å²) < 4.78 is 1.03. The Labute approximate surface area is 127 Å². The highest BCUT2D eigenvalue weighted by molar-refractivity contribution is 14.1. The van der Waals surface area contributed by atoms with E-state index in [1.54, 1.807) is 12.1 Å². The third kappa shape index (κ3) is 3.23. The Hall–Kier alpha value is -2.16. The predicted octanol–water partition coefficient (Wildman–Crippen LogP) is 3.64. The molecule has 2 aromatic carbocycles. The number of carboxylic acid groups (broad SMARTS) is 1. The van der Waals surface area contributed by atoms with Crippen molar-refractivity contribution in [1.82, 2.24) is 0 Å². The molecule has 0 aliphatic heterocycles. The molecule has 102 valence electrons. The van der Waals surface area contributed by atoms with E-state index < -0.39 is 10.9 Å². The van der Waals surface area contributed by atoms with E-state index in [0.29, 0.717) is 5.69 Å². The van der Waals surface area contributed by atoms with Crippen molar-refractivity contribution < 1.29 is 14.8 Å². The summed E-state index contributed by atoms with van der Waals surface area (Å²) in [5.74, 6) is -1.13. The molecular weight excluding hydrogens is 375 g/mol. The van der Waals surface area contributed by atoms with Gasteiger partial charge in [0.05, 0.1) is 10.5 Å². The number of hydrogen-bond acceptors (Lipinski definition) is 4. The van der Waals surface area contributed by atoms with Crippen LogP contribution < -0.4 is 5.32 Å². The summed E-state index contributed by atoms with van der Waals surface area (Å²) in [6, 6.07) is 10.8. The molecule has 0 atom stereocenters. The van der Waals surface area contributed by atoms with Crippen molar-refractivity contribution in [1.29, 1.82) is 0 Å². The molecule has 0 aliphatic rings. The van der Waals surface area contributed by atoms with Gasteiger partial charge in [-0.15, -0.1) is 0 Å². The zero-order valence-corrected chi connectivity index (χ0v) is 12.2. The second-order valence-electron chi connectivity index (χ2n) is 3.93. The minimum absolute atomic E-state index is 0.0105. The van der Waals surface area contributed by atoms with E-state index in [1.165, 1.54) is 18.2 Å². The quantitative estimate of drug-likeness (QED) is 0.477. The van der Waals surface area contributed by atoms with Crippen LogP contribution in [0.25, 0.3) is 0 Å². The third-order valence-electron chi connectivity index (χ3n) is 2.56. The summed E-state index contributed by atoms with van der Waals surface area (Å²) in [6.07, 6.45) is 0. The summed E-state index contributed by atoms with van der Waals surface area (Å²) in [7, 11) is 0. The normalized spacial score (nSPS) is 10.1. The van der Waals surface area contributed by atoms with Gasteiger partial charge in [0, 0.05) is 15.3 Å². The molecule has 0 aliphatic carbocycles. The molecule has 0 fully saturated rings. The van der Waals surface area contributed by atoms with Gasteiger partial charge in [0.25, 0.3) is 5.69 Å². The van der Waals surface area contributed by atoms with Crippen molar-refractivity contribution in [2.75, 3.05) is 5.32 Å². The number of nitrogens with one attached hydrogen (secondary N) is 1. The van der Waals surface area contributed by atoms with Crippen molar-refractivity contribution >= 4 is 45.6 Å². The summed E-state index contributed by atoms with van der Waals surface area (Å²) in [5, 5.41) is 22.8. The van der Waals surface area contributed by atoms with Gasteiger partial charge in [-0.3, -0.25) is 10.1 Å². The minimum Gasteiger partial charge on any atom is -0.478 e. The lowest BCUT2D eigenvalue weighted by Crippen LogP contribution is -2.01. The highest BCUT2D eigenvalue weighted by Crippen LogP contribution is 2.29. The van der Waals surface area contributed by atoms with Crippen LogP contribution in [0.1, 0.15) is 10.4 Å². The topological polar surface area (TPSA) is 92.5 Å². The maximum Gasteiger partial charge on any atom is 0.335 e. The zero-order valence-electron chi connectivity index (χ0n) is 10.0. The van der Waals surface area contributed by atoms with Crippen LogP contribution in [0.2, 0.25) is 0 Å². The average molecular weight is 384 g/mol. The van der Waals surface area contributed by atoms with Gasteiger partial charge >= 0.3 is 5.97 Å². The Bertz CT molecular complexity index is 671. The summed E-state index contributed by atoms with van der Waals surface area (Å²) in [6.45, 7) is 0. The standard InChI is InChI=1S/C13H9IN2O4/c14-9-2-4-10(5-3-9)15-11-7-8(13(17)18)1-6-12(11)16(19)20/h1-7,15H,(H,17,18). The maximum atomic E-state index is 11.0. The molecule has 0 saturated carbocycles. The number of anilines is 2. The fraction of sp³-hybridized carbons (Fsp3) is 0. The fourth-order valence-electron chi connectivity index (χ4n) is 1.62. The molecule has 0 radical (unpaired) electrons. The van der Waals surface area contributed by atoms with Gasteiger partial charge in [-0.05, 0) is 59.0 Å². The zero-order chi connectivity index (χ0) is 14.7. The molecule has 0 heterocycles. The lowest BCUT2D eigenvalue weighted by atomic mass is 10.1. The number of nitro groups is 1.